The van der Waals surface area contributed by atoms with Crippen molar-refractivity contribution in [3.63, 3.8) is 0 Å². The van der Waals surface area contributed by atoms with Crippen LogP contribution in [0.4, 0.5) is 11.6 Å². The molecule has 7 heteroatoms. The van der Waals surface area contributed by atoms with Crippen LogP contribution >= 0.6 is 0 Å². The molecule has 3 aromatic rings. The van der Waals surface area contributed by atoms with Crippen molar-refractivity contribution < 1.29 is 4.79 Å². The van der Waals surface area contributed by atoms with E-state index in [1.165, 1.54) is 0 Å². The molecule has 1 N–H and O–H groups in total. The number of carbonyl (C=O) groups is 1. The van der Waals surface area contributed by atoms with Gasteiger partial charge in [-0.3, -0.25) is 4.79 Å². The largest absolute Gasteiger partial charge is 0.335 e. The Kier molecular flexibility index (Phi) is 5.23. The van der Waals surface area contributed by atoms with Crippen LogP contribution in [-0.4, -0.2) is 43.8 Å². The Labute approximate surface area is 163 Å². The number of nitrogens with one attached hydrogen (secondary N) is 1. The predicted octanol–water partition coefficient (Wildman–Crippen LogP) is 3.34. The first-order chi connectivity index (χ1) is 13.7. The summed E-state index contributed by atoms with van der Waals surface area (Å²) in [5, 5.41) is 3.26. The van der Waals surface area contributed by atoms with Gasteiger partial charge in [0, 0.05) is 43.3 Å². The van der Waals surface area contributed by atoms with E-state index < -0.39 is 0 Å². The van der Waals surface area contributed by atoms with Crippen LogP contribution in [0, 0.1) is 6.92 Å². The molecule has 0 aliphatic carbocycles. The second kappa shape index (κ2) is 8.12. The molecule has 1 fully saturated rings. The quantitative estimate of drug-likeness (QED) is 0.754. The summed E-state index contributed by atoms with van der Waals surface area (Å²) in [5.41, 5.74) is 2.11. The first kappa shape index (κ1) is 18.0. The zero-order valence-corrected chi connectivity index (χ0v) is 15.7. The lowest BCUT2D eigenvalue weighted by Gasteiger charge is -2.32. The van der Waals surface area contributed by atoms with Gasteiger partial charge in [0.1, 0.15) is 11.6 Å². The van der Waals surface area contributed by atoms with Gasteiger partial charge >= 0.3 is 0 Å². The average Bonchev–Trinajstić information content (AvgIpc) is 2.74. The van der Waals surface area contributed by atoms with Crippen LogP contribution in [0.3, 0.4) is 0 Å². The molecular formula is C21H22N6O. The van der Waals surface area contributed by atoms with E-state index in [-0.39, 0.29) is 17.6 Å². The van der Waals surface area contributed by atoms with E-state index in [0.717, 1.165) is 42.3 Å². The molecular weight excluding hydrogens is 352 g/mol. The Hall–Kier alpha value is -3.35. The number of aryl methyl sites for hydroxylation is 1. The molecule has 0 spiro atoms. The Morgan fingerprint density at radius 1 is 1.07 bits per heavy atom. The molecule has 0 saturated carbocycles. The van der Waals surface area contributed by atoms with E-state index in [9.17, 15) is 4.79 Å². The van der Waals surface area contributed by atoms with Crippen molar-refractivity contribution in [2.24, 2.45) is 0 Å². The standard InChI is InChI=1S/C21H22N6O/c1-15-5-2-7-18(25-15)26-19-13-16(8-11-22-19)17-6-3-12-27(14-17)21(28)20-23-9-4-10-24-20/h2,4-5,7-11,13,17H,3,6,12,14H2,1H3,(H,22,25,26)/t17-/m0/s1. The van der Waals surface area contributed by atoms with Gasteiger partial charge in [0.15, 0.2) is 0 Å². The lowest BCUT2D eigenvalue weighted by molar-refractivity contribution is 0.0694. The van der Waals surface area contributed by atoms with Crippen LogP contribution in [0.1, 0.15) is 40.6 Å². The van der Waals surface area contributed by atoms with Gasteiger partial charge in [-0.05, 0) is 55.7 Å². The number of carbonyl (C=O) groups excluding carboxylic acids is 1. The topological polar surface area (TPSA) is 83.9 Å². The number of piperidine rings is 1. The number of pyridine rings is 2. The van der Waals surface area contributed by atoms with Crippen LogP contribution in [0.15, 0.2) is 55.0 Å². The lowest BCUT2D eigenvalue weighted by atomic mass is 9.91. The highest BCUT2D eigenvalue weighted by Crippen LogP contribution is 2.29. The molecule has 3 aromatic heterocycles. The molecule has 1 aliphatic rings. The monoisotopic (exact) mass is 374 g/mol. The predicted molar refractivity (Wildman–Crippen MR) is 106 cm³/mol. The van der Waals surface area contributed by atoms with Gasteiger partial charge < -0.3 is 10.2 Å². The molecule has 1 atom stereocenters. The molecule has 4 heterocycles. The number of anilines is 2. The maximum atomic E-state index is 12.7. The normalized spacial score (nSPS) is 16.6. The molecule has 142 valence electrons. The van der Waals surface area contributed by atoms with E-state index in [4.69, 9.17) is 0 Å². The molecule has 4 rings (SSSR count). The van der Waals surface area contributed by atoms with Gasteiger partial charge in [-0.2, -0.15) is 0 Å². The fourth-order valence-electron chi connectivity index (χ4n) is 3.50. The van der Waals surface area contributed by atoms with Crippen molar-refractivity contribution in [2.45, 2.75) is 25.7 Å². The first-order valence-corrected chi connectivity index (χ1v) is 9.42. The molecule has 1 saturated heterocycles. The molecule has 1 amide bonds. The number of rotatable bonds is 4. The van der Waals surface area contributed by atoms with Gasteiger partial charge in [-0.1, -0.05) is 6.07 Å². The summed E-state index contributed by atoms with van der Waals surface area (Å²) in [4.78, 5) is 31.6. The Balaban J connectivity index is 1.48. The summed E-state index contributed by atoms with van der Waals surface area (Å²) in [6, 6.07) is 11.6. The van der Waals surface area contributed by atoms with Gasteiger partial charge in [0.25, 0.3) is 5.91 Å². The fourth-order valence-corrected chi connectivity index (χ4v) is 3.50. The Morgan fingerprint density at radius 3 is 2.75 bits per heavy atom. The second-order valence-corrected chi connectivity index (χ2v) is 6.93. The van der Waals surface area contributed by atoms with E-state index in [0.29, 0.717) is 6.54 Å². The molecule has 0 radical (unpaired) electrons. The Morgan fingerprint density at radius 2 is 1.93 bits per heavy atom. The molecule has 0 aromatic carbocycles. The van der Waals surface area contributed by atoms with Crippen LogP contribution in [0.2, 0.25) is 0 Å². The number of hydrogen-bond acceptors (Lipinski definition) is 6. The third-order valence-corrected chi connectivity index (χ3v) is 4.87. The summed E-state index contributed by atoms with van der Waals surface area (Å²) in [6.45, 7) is 3.35. The molecule has 1 aliphatic heterocycles. The van der Waals surface area contributed by atoms with Crippen molar-refractivity contribution in [1.82, 2.24) is 24.8 Å². The number of hydrogen-bond donors (Lipinski definition) is 1. The van der Waals surface area contributed by atoms with Crippen LogP contribution < -0.4 is 5.32 Å². The summed E-state index contributed by atoms with van der Waals surface area (Å²) >= 11 is 0. The summed E-state index contributed by atoms with van der Waals surface area (Å²) in [7, 11) is 0. The number of nitrogens with zero attached hydrogens (tertiary/aromatic N) is 5. The van der Waals surface area contributed by atoms with E-state index in [1.807, 2.05) is 42.2 Å². The fraction of sp³-hybridized carbons (Fsp3) is 0.286. The van der Waals surface area contributed by atoms with E-state index in [2.05, 4.69) is 25.3 Å². The third kappa shape index (κ3) is 4.14. The van der Waals surface area contributed by atoms with Crippen molar-refractivity contribution in [3.8, 4) is 0 Å². The van der Waals surface area contributed by atoms with Crippen LogP contribution in [-0.2, 0) is 0 Å². The summed E-state index contributed by atoms with van der Waals surface area (Å²) < 4.78 is 0. The number of amides is 1. The maximum absolute atomic E-state index is 12.7. The van der Waals surface area contributed by atoms with Gasteiger partial charge in [-0.25, -0.2) is 19.9 Å². The lowest BCUT2D eigenvalue weighted by Crippen LogP contribution is -2.39. The van der Waals surface area contributed by atoms with E-state index in [1.54, 1.807) is 24.7 Å². The smallest absolute Gasteiger partial charge is 0.291 e. The third-order valence-electron chi connectivity index (χ3n) is 4.87. The zero-order chi connectivity index (χ0) is 19.3. The van der Waals surface area contributed by atoms with Crippen LogP contribution in [0.5, 0.6) is 0 Å². The summed E-state index contributed by atoms with van der Waals surface area (Å²) in [5.74, 6) is 1.93. The van der Waals surface area contributed by atoms with Gasteiger partial charge in [-0.15, -0.1) is 0 Å². The average molecular weight is 374 g/mol. The van der Waals surface area contributed by atoms with Gasteiger partial charge in [0.05, 0.1) is 0 Å². The Bertz CT molecular complexity index is 962. The van der Waals surface area contributed by atoms with Gasteiger partial charge in [0.2, 0.25) is 5.82 Å². The highest BCUT2D eigenvalue weighted by Gasteiger charge is 2.27. The minimum Gasteiger partial charge on any atom is -0.335 e. The highest BCUT2D eigenvalue weighted by atomic mass is 16.2. The SMILES string of the molecule is Cc1cccc(Nc2cc([C@H]3CCCN(C(=O)c4ncccn4)C3)ccn2)n1. The molecule has 7 nitrogen and oxygen atoms in total. The summed E-state index contributed by atoms with van der Waals surface area (Å²) in [6.07, 6.45) is 6.98. The molecule has 0 bridgehead atoms. The van der Waals surface area contributed by atoms with Crippen LogP contribution in [0.25, 0.3) is 0 Å². The van der Waals surface area contributed by atoms with Crippen molar-refractivity contribution in [3.05, 3.63) is 72.1 Å². The minimum absolute atomic E-state index is 0.110. The maximum Gasteiger partial charge on any atom is 0.291 e. The van der Waals surface area contributed by atoms with Crippen molar-refractivity contribution in [1.29, 1.82) is 0 Å². The number of aromatic nitrogens is 4. The molecule has 28 heavy (non-hydrogen) atoms. The molecule has 0 unspecified atom stereocenters. The van der Waals surface area contributed by atoms with E-state index >= 15 is 0 Å². The zero-order valence-electron chi connectivity index (χ0n) is 15.7. The highest BCUT2D eigenvalue weighted by molar-refractivity contribution is 5.90. The first-order valence-electron chi connectivity index (χ1n) is 9.42. The van der Waals surface area contributed by atoms with Crippen molar-refractivity contribution in [2.75, 3.05) is 18.4 Å². The number of likely N-dealkylation sites (tertiary alicyclic amines) is 1. The minimum atomic E-state index is -0.110. The second-order valence-electron chi connectivity index (χ2n) is 6.93. The van der Waals surface area contributed by atoms with Crippen molar-refractivity contribution >= 4 is 17.5 Å².